The molecule has 6 nitrogen and oxygen atoms in total. The zero-order valence-electron chi connectivity index (χ0n) is 8.71. The minimum atomic E-state index is -0.457. The Balaban J connectivity index is 2.55. The Bertz CT molecular complexity index is 391. The first-order valence-electron chi connectivity index (χ1n) is 4.61. The van der Waals surface area contributed by atoms with Crippen LogP contribution in [0, 0.1) is 10.1 Å². The molecule has 0 amide bonds. The molecule has 1 aromatic rings. The first-order valence-corrected chi connectivity index (χ1v) is 5.42. The van der Waals surface area contributed by atoms with Crippen LogP contribution in [0.3, 0.4) is 0 Å². The van der Waals surface area contributed by atoms with Crippen molar-refractivity contribution in [1.29, 1.82) is 0 Å². The predicted octanol–water partition coefficient (Wildman–Crippen LogP) is 1.61. The van der Waals surface area contributed by atoms with Crippen molar-refractivity contribution in [2.24, 2.45) is 5.73 Å². The van der Waals surface area contributed by atoms with Crippen LogP contribution in [0.1, 0.15) is 23.8 Å². The molecule has 0 radical (unpaired) electrons. The molecule has 0 aliphatic heterocycles. The first kappa shape index (κ1) is 12.6. The van der Waals surface area contributed by atoms with Crippen molar-refractivity contribution in [1.82, 2.24) is 0 Å². The number of esters is 1. The van der Waals surface area contributed by atoms with Gasteiger partial charge in [-0.3, -0.25) is 14.9 Å². The third kappa shape index (κ3) is 3.28. The number of nitro groups is 1. The van der Waals surface area contributed by atoms with Gasteiger partial charge in [0.05, 0.1) is 12.0 Å². The molecule has 16 heavy (non-hydrogen) atoms. The Kier molecular flexibility index (Phi) is 4.39. The van der Waals surface area contributed by atoms with Crippen molar-refractivity contribution in [2.75, 3.05) is 7.11 Å². The second kappa shape index (κ2) is 5.57. The van der Waals surface area contributed by atoms with Gasteiger partial charge in [0.15, 0.2) is 0 Å². The van der Waals surface area contributed by atoms with Crippen LogP contribution in [0.4, 0.5) is 5.00 Å². The van der Waals surface area contributed by atoms with Crippen LogP contribution in [0.25, 0.3) is 0 Å². The minimum Gasteiger partial charge on any atom is -0.469 e. The lowest BCUT2D eigenvalue weighted by molar-refractivity contribution is -0.380. The highest BCUT2D eigenvalue weighted by atomic mass is 32.1. The predicted molar refractivity (Wildman–Crippen MR) is 59.2 cm³/mol. The third-order valence-electron chi connectivity index (χ3n) is 2.05. The largest absolute Gasteiger partial charge is 0.469 e. The van der Waals surface area contributed by atoms with E-state index in [1.807, 2.05) is 0 Å². The quantitative estimate of drug-likeness (QED) is 0.482. The number of nitrogens with zero attached hydrogens (tertiary/aromatic N) is 1. The Labute approximate surface area is 96.2 Å². The molecule has 88 valence electrons. The highest BCUT2D eigenvalue weighted by Gasteiger charge is 2.15. The van der Waals surface area contributed by atoms with Crippen LogP contribution in [0.15, 0.2) is 12.1 Å². The number of thiophene rings is 1. The number of methoxy groups -OCH3 is 1. The minimum absolute atomic E-state index is 0.0588. The average Bonchev–Trinajstić information content (AvgIpc) is 2.74. The van der Waals surface area contributed by atoms with Gasteiger partial charge in [0.2, 0.25) is 0 Å². The fraction of sp³-hybridized carbons (Fsp3) is 0.444. The fourth-order valence-electron chi connectivity index (χ4n) is 1.16. The monoisotopic (exact) mass is 244 g/mol. The maximum atomic E-state index is 10.9. The van der Waals surface area contributed by atoms with Gasteiger partial charge in [-0.2, -0.15) is 0 Å². The van der Waals surface area contributed by atoms with E-state index >= 15 is 0 Å². The molecule has 2 N–H and O–H groups in total. The van der Waals surface area contributed by atoms with Crippen LogP contribution in [0.5, 0.6) is 0 Å². The lowest BCUT2D eigenvalue weighted by atomic mass is 10.1. The molecule has 1 atom stereocenters. The first-order chi connectivity index (χ1) is 7.54. The number of nitrogens with two attached hydrogens (primary N) is 1. The van der Waals surface area contributed by atoms with E-state index in [1.165, 1.54) is 13.2 Å². The van der Waals surface area contributed by atoms with Crippen LogP contribution in [-0.4, -0.2) is 18.0 Å². The molecule has 1 aromatic heterocycles. The Morgan fingerprint density at radius 3 is 2.88 bits per heavy atom. The molecule has 7 heteroatoms. The molecule has 0 saturated heterocycles. The summed E-state index contributed by atoms with van der Waals surface area (Å²) in [7, 11) is 1.31. The maximum Gasteiger partial charge on any atom is 0.324 e. The number of carbonyl (C=O) groups is 1. The number of hydrogen-bond acceptors (Lipinski definition) is 6. The van der Waals surface area contributed by atoms with E-state index in [-0.39, 0.29) is 23.4 Å². The Morgan fingerprint density at radius 2 is 2.38 bits per heavy atom. The summed E-state index contributed by atoms with van der Waals surface area (Å²) in [5, 5.41) is 10.5. The lowest BCUT2D eigenvalue weighted by Crippen LogP contribution is -2.11. The van der Waals surface area contributed by atoms with Crippen molar-refractivity contribution >= 4 is 22.3 Å². The molecule has 0 spiro atoms. The number of carbonyl (C=O) groups excluding carboxylic acids is 1. The van der Waals surface area contributed by atoms with E-state index in [0.29, 0.717) is 11.3 Å². The average molecular weight is 244 g/mol. The molecule has 0 aliphatic rings. The van der Waals surface area contributed by atoms with E-state index in [1.54, 1.807) is 6.07 Å². The Morgan fingerprint density at radius 1 is 1.69 bits per heavy atom. The zero-order chi connectivity index (χ0) is 12.1. The topological polar surface area (TPSA) is 95.5 Å². The molecular formula is C9H12N2O4S. The van der Waals surface area contributed by atoms with Gasteiger partial charge < -0.3 is 10.5 Å². The van der Waals surface area contributed by atoms with Crippen molar-refractivity contribution in [3.8, 4) is 0 Å². The van der Waals surface area contributed by atoms with Crippen LogP contribution >= 0.6 is 11.3 Å². The molecular weight excluding hydrogens is 232 g/mol. The Hall–Kier alpha value is -1.47. The summed E-state index contributed by atoms with van der Waals surface area (Å²) in [6.07, 6.45) is 0.633. The van der Waals surface area contributed by atoms with Crippen LogP contribution in [0.2, 0.25) is 0 Å². The molecule has 0 saturated carbocycles. The second-order valence-electron chi connectivity index (χ2n) is 3.15. The van der Waals surface area contributed by atoms with Gasteiger partial charge in [-0.15, -0.1) is 0 Å². The van der Waals surface area contributed by atoms with E-state index in [4.69, 9.17) is 5.73 Å². The summed E-state index contributed by atoms with van der Waals surface area (Å²) in [6, 6.07) is 2.67. The molecule has 0 bridgehead atoms. The van der Waals surface area contributed by atoms with Crippen molar-refractivity contribution in [3.05, 3.63) is 27.1 Å². The van der Waals surface area contributed by atoms with E-state index in [2.05, 4.69) is 4.74 Å². The lowest BCUT2D eigenvalue weighted by Gasteiger charge is -2.07. The standard InChI is InChI=1S/C9H12N2O4S/c1-15-9(12)5-2-6(10)7-3-4-8(16-7)11(13)14/h3-4,6H,2,5,10H2,1H3. The summed E-state index contributed by atoms with van der Waals surface area (Å²) in [5.41, 5.74) is 5.79. The normalized spacial score (nSPS) is 12.1. The molecule has 1 rings (SSSR count). The van der Waals surface area contributed by atoms with Crippen molar-refractivity contribution < 1.29 is 14.5 Å². The number of rotatable bonds is 5. The summed E-state index contributed by atoms with van der Waals surface area (Å²) in [6.45, 7) is 0. The summed E-state index contributed by atoms with van der Waals surface area (Å²) < 4.78 is 4.48. The van der Waals surface area contributed by atoms with Crippen LogP contribution < -0.4 is 5.73 Å². The SMILES string of the molecule is COC(=O)CCC(N)c1ccc([N+](=O)[O-])s1. The van der Waals surface area contributed by atoms with Crippen molar-refractivity contribution in [2.45, 2.75) is 18.9 Å². The summed E-state index contributed by atoms with van der Waals surface area (Å²) in [4.78, 5) is 21.6. The number of ether oxygens (including phenoxy) is 1. The molecule has 1 unspecified atom stereocenters. The van der Waals surface area contributed by atoms with Gasteiger partial charge in [-0.1, -0.05) is 11.3 Å². The smallest absolute Gasteiger partial charge is 0.324 e. The number of hydrogen-bond donors (Lipinski definition) is 1. The van der Waals surface area contributed by atoms with Crippen LogP contribution in [-0.2, 0) is 9.53 Å². The maximum absolute atomic E-state index is 10.9. The van der Waals surface area contributed by atoms with Gasteiger partial charge in [0, 0.05) is 23.4 Å². The summed E-state index contributed by atoms with van der Waals surface area (Å²) >= 11 is 1.03. The van der Waals surface area contributed by atoms with Gasteiger partial charge in [0.25, 0.3) is 0 Å². The van der Waals surface area contributed by atoms with E-state index in [9.17, 15) is 14.9 Å². The van der Waals surface area contributed by atoms with Gasteiger partial charge in [-0.25, -0.2) is 0 Å². The third-order valence-corrected chi connectivity index (χ3v) is 3.21. The highest BCUT2D eigenvalue weighted by molar-refractivity contribution is 7.15. The highest BCUT2D eigenvalue weighted by Crippen LogP contribution is 2.29. The summed E-state index contributed by atoms with van der Waals surface area (Å²) in [5.74, 6) is -0.332. The van der Waals surface area contributed by atoms with Gasteiger partial charge in [0.1, 0.15) is 0 Å². The molecule has 1 heterocycles. The zero-order valence-corrected chi connectivity index (χ0v) is 9.53. The second-order valence-corrected chi connectivity index (χ2v) is 4.25. The molecule has 0 aromatic carbocycles. The van der Waals surface area contributed by atoms with E-state index in [0.717, 1.165) is 11.3 Å². The fourth-order valence-corrected chi connectivity index (χ4v) is 2.01. The molecule has 0 aliphatic carbocycles. The van der Waals surface area contributed by atoms with Gasteiger partial charge >= 0.3 is 11.0 Å². The molecule has 0 fully saturated rings. The van der Waals surface area contributed by atoms with E-state index < -0.39 is 4.92 Å². The van der Waals surface area contributed by atoms with Gasteiger partial charge in [-0.05, 0) is 12.5 Å². The van der Waals surface area contributed by atoms with Crippen molar-refractivity contribution in [3.63, 3.8) is 0 Å².